The third-order valence-corrected chi connectivity index (χ3v) is 2.85. The summed E-state index contributed by atoms with van der Waals surface area (Å²) in [5.74, 6) is 0. The zero-order chi connectivity index (χ0) is 12.2. The third-order valence-electron chi connectivity index (χ3n) is 2.85. The monoisotopic (exact) mass is 423 g/mol. The van der Waals surface area contributed by atoms with Crippen LogP contribution in [0.5, 0.6) is 0 Å². The maximum atomic E-state index is 4.40. The predicted octanol–water partition coefficient (Wildman–Crippen LogP) is 4.21. The van der Waals surface area contributed by atoms with Crippen molar-refractivity contribution < 1.29 is 20.1 Å². The second kappa shape index (κ2) is 6.42. The molecule has 2 aromatic carbocycles. The number of hydrogen-bond acceptors (Lipinski definition) is 1. The molecule has 1 nitrogen and oxygen atoms in total. The van der Waals surface area contributed by atoms with Crippen molar-refractivity contribution in [2.24, 2.45) is 0 Å². The van der Waals surface area contributed by atoms with E-state index in [-0.39, 0.29) is 20.1 Å². The summed E-state index contributed by atoms with van der Waals surface area (Å²) in [5.41, 5.74) is 4.36. The largest absolute Gasteiger partial charge is 0.305 e. The van der Waals surface area contributed by atoms with E-state index in [2.05, 4.69) is 29.2 Å². The summed E-state index contributed by atoms with van der Waals surface area (Å²) in [4.78, 5) is 4.40. The summed E-state index contributed by atoms with van der Waals surface area (Å²) in [6, 6.07) is 25.6. The molecule has 0 N–H and O–H groups in total. The van der Waals surface area contributed by atoms with Crippen molar-refractivity contribution in [1.82, 2.24) is 4.98 Å². The van der Waals surface area contributed by atoms with Crippen LogP contribution in [-0.4, -0.2) is 4.98 Å². The fourth-order valence-electron chi connectivity index (χ4n) is 1.94. The molecule has 3 rings (SSSR count). The Hall–Kier alpha value is -1.76. The van der Waals surface area contributed by atoms with E-state index in [0.29, 0.717) is 0 Å². The van der Waals surface area contributed by atoms with E-state index in [9.17, 15) is 0 Å². The molecule has 0 unspecified atom stereocenters. The molecule has 0 saturated carbocycles. The maximum Gasteiger partial charge on any atom is 0.0166 e. The van der Waals surface area contributed by atoms with Gasteiger partial charge in [0.1, 0.15) is 0 Å². The Morgan fingerprint density at radius 2 is 1.58 bits per heavy atom. The van der Waals surface area contributed by atoms with E-state index in [0.717, 1.165) is 11.3 Å². The number of aromatic nitrogens is 1. The fraction of sp³-hybridized carbons (Fsp3) is 0. The second-order valence-electron chi connectivity index (χ2n) is 4.07. The SMILES string of the molecule is [Ir].[c-]1ccccc1-c1cc(-c2ccccc2)ccn1. The minimum absolute atomic E-state index is 0. The smallest absolute Gasteiger partial charge is 0.0166 e. The summed E-state index contributed by atoms with van der Waals surface area (Å²) in [5, 5.41) is 0. The van der Waals surface area contributed by atoms with Crippen molar-refractivity contribution in [3.8, 4) is 22.4 Å². The topological polar surface area (TPSA) is 12.9 Å². The van der Waals surface area contributed by atoms with Gasteiger partial charge >= 0.3 is 0 Å². The van der Waals surface area contributed by atoms with Gasteiger partial charge in [-0.3, -0.25) is 0 Å². The Bertz CT molecular complexity index is 581. The molecule has 95 valence electrons. The van der Waals surface area contributed by atoms with Gasteiger partial charge in [-0.2, -0.15) is 0 Å². The number of pyridine rings is 1. The summed E-state index contributed by atoms with van der Waals surface area (Å²) >= 11 is 0. The molecule has 0 spiro atoms. The molecule has 0 atom stereocenters. The van der Waals surface area contributed by atoms with Crippen LogP contribution in [0.25, 0.3) is 22.4 Å². The Morgan fingerprint density at radius 1 is 0.789 bits per heavy atom. The van der Waals surface area contributed by atoms with Crippen molar-refractivity contribution in [1.29, 1.82) is 0 Å². The van der Waals surface area contributed by atoms with Crippen molar-refractivity contribution in [2.45, 2.75) is 0 Å². The molecule has 0 amide bonds. The van der Waals surface area contributed by atoms with E-state index < -0.39 is 0 Å². The molecule has 0 bridgehead atoms. The number of benzene rings is 2. The van der Waals surface area contributed by atoms with Crippen LogP contribution in [0.4, 0.5) is 0 Å². The fourth-order valence-corrected chi connectivity index (χ4v) is 1.94. The van der Waals surface area contributed by atoms with Crippen molar-refractivity contribution >= 4 is 0 Å². The van der Waals surface area contributed by atoms with Gasteiger partial charge in [-0.25, -0.2) is 0 Å². The van der Waals surface area contributed by atoms with Gasteiger partial charge in [-0.15, -0.1) is 35.9 Å². The Balaban J connectivity index is 0.00000133. The molecule has 0 aliphatic heterocycles. The van der Waals surface area contributed by atoms with Gasteiger partial charge in [0.05, 0.1) is 0 Å². The second-order valence-corrected chi connectivity index (χ2v) is 4.07. The van der Waals surface area contributed by atoms with Crippen LogP contribution in [0, 0.1) is 6.07 Å². The number of nitrogens with zero attached hydrogens (tertiary/aromatic N) is 1. The number of hydrogen-bond donors (Lipinski definition) is 0. The average molecular weight is 423 g/mol. The first-order chi connectivity index (χ1) is 8.93. The zero-order valence-corrected chi connectivity index (χ0v) is 12.6. The normalized spacial score (nSPS) is 9.68. The third kappa shape index (κ3) is 3.17. The van der Waals surface area contributed by atoms with Crippen molar-refractivity contribution in [2.75, 3.05) is 0 Å². The van der Waals surface area contributed by atoms with E-state index in [4.69, 9.17) is 0 Å². The van der Waals surface area contributed by atoms with Gasteiger partial charge in [-0.1, -0.05) is 36.4 Å². The minimum Gasteiger partial charge on any atom is -0.305 e. The van der Waals surface area contributed by atoms with Crippen LogP contribution in [0.3, 0.4) is 0 Å². The zero-order valence-electron chi connectivity index (χ0n) is 10.2. The van der Waals surface area contributed by atoms with Crippen LogP contribution in [0.2, 0.25) is 0 Å². The first kappa shape index (κ1) is 13.7. The first-order valence-corrected chi connectivity index (χ1v) is 5.92. The van der Waals surface area contributed by atoms with Crippen molar-refractivity contribution in [3.63, 3.8) is 0 Å². The van der Waals surface area contributed by atoms with Gasteiger partial charge < -0.3 is 4.98 Å². The molecule has 0 aliphatic rings. The molecule has 0 fully saturated rings. The molecule has 0 aliphatic carbocycles. The van der Waals surface area contributed by atoms with Gasteiger partial charge in [-0.05, 0) is 22.9 Å². The molecule has 2 heteroatoms. The molecule has 1 heterocycles. The van der Waals surface area contributed by atoms with E-state index in [1.54, 1.807) is 0 Å². The summed E-state index contributed by atoms with van der Waals surface area (Å²) in [6.07, 6.45) is 1.85. The Kier molecular flexibility index (Phi) is 4.62. The molecular weight excluding hydrogens is 410 g/mol. The molecule has 0 saturated heterocycles. The van der Waals surface area contributed by atoms with E-state index in [1.807, 2.05) is 54.7 Å². The first-order valence-electron chi connectivity index (χ1n) is 5.92. The molecule has 1 aromatic heterocycles. The van der Waals surface area contributed by atoms with Crippen LogP contribution in [-0.2, 0) is 20.1 Å². The van der Waals surface area contributed by atoms with Crippen LogP contribution in [0.1, 0.15) is 0 Å². The van der Waals surface area contributed by atoms with Gasteiger partial charge in [0, 0.05) is 26.3 Å². The average Bonchev–Trinajstić information content (AvgIpc) is 2.49. The summed E-state index contributed by atoms with van der Waals surface area (Å²) < 4.78 is 0. The molecule has 19 heavy (non-hydrogen) atoms. The standard InChI is InChI=1S/C17H12N.Ir/c1-3-7-14(8-4-1)16-11-12-18-17(13-16)15-9-5-2-6-10-15;/h1-9,11-13H;/q-1;. The van der Waals surface area contributed by atoms with Gasteiger partial charge in [0.25, 0.3) is 0 Å². The van der Waals surface area contributed by atoms with Crippen LogP contribution >= 0.6 is 0 Å². The Labute approximate surface area is 126 Å². The predicted molar refractivity (Wildman–Crippen MR) is 73.9 cm³/mol. The molecule has 3 aromatic rings. The van der Waals surface area contributed by atoms with Gasteiger partial charge in [0.2, 0.25) is 0 Å². The van der Waals surface area contributed by atoms with E-state index in [1.165, 1.54) is 11.1 Å². The maximum absolute atomic E-state index is 4.40. The quantitative estimate of drug-likeness (QED) is 0.564. The van der Waals surface area contributed by atoms with Crippen molar-refractivity contribution in [3.05, 3.63) is 79.0 Å². The Morgan fingerprint density at radius 3 is 2.32 bits per heavy atom. The van der Waals surface area contributed by atoms with E-state index >= 15 is 0 Å². The van der Waals surface area contributed by atoms with Crippen LogP contribution in [0.15, 0.2) is 72.9 Å². The number of rotatable bonds is 2. The molecular formula is C17H12IrN-. The summed E-state index contributed by atoms with van der Waals surface area (Å²) in [6.45, 7) is 0. The molecule has 1 radical (unpaired) electrons. The van der Waals surface area contributed by atoms with Gasteiger partial charge in [0.15, 0.2) is 0 Å². The van der Waals surface area contributed by atoms with Crippen LogP contribution < -0.4 is 0 Å². The summed E-state index contributed by atoms with van der Waals surface area (Å²) in [7, 11) is 0. The minimum atomic E-state index is 0.